The van der Waals surface area contributed by atoms with E-state index in [9.17, 15) is 14.7 Å². The molecule has 0 bridgehead atoms. The molecule has 0 saturated carbocycles. The van der Waals surface area contributed by atoms with E-state index >= 15 is 0 Å². The number of carbonyl (C=O) groups excluding carboxylic acids is 1. The van der Waals surface area contributed by atoms with Crippen LogP contribution in [0.15, 0.2) is 30.4 Å². The molecule has 0 unspecified atom stereocenters. The molecule has 1 aromatic carbocycles. The first-order chi connectivity index (χ1) is 14.7. The lowest BCUT2D eigenvalue weighted by Crippen LogP contribution is -2.20. The number of methoxy groups -OCH3 is 2. The number of aliphatic carboxylic acids is 1. The molecule has 2 atom stereocenters. The van der Waals surface area contributed by atoms with Crippen LogP contribution >= 0.6 is 0 Å². The van der Waals surface area contributed by atoms with Crippen LogP contribution in [0.3, 0.4) is 0 Å². The summed E-state index contributed by atoms with van der Waals surface area (Å²) in [6, 6.07) is 5.26. The molecular weight excluding hydrogens is 396 g/mol. The van der Waals surface area contributed by atoms with Crippen LogP contribution < -0.4 is 9.47 Å². The second-order valence-electron chi connectivity index (χ2n) is 8.41. The van der Waals surface area contributed by atoms with Crippen molar-refractivity contribution in [1.82, 2.24) is 0 Å². The predicted molar refractivity (Wildman–Crippen MR) is 122 cm³/mol. The molecule has 0 aliphatic carbocycles. The largest absolute Gasteiger partial charge is 0.493 e. The first-order valence-electron chi connectivity index (χ1n) is 10.9. The third-order valence-corrected chi connectivity index (χ3v) is 5.41. The van der Waals surface area contributed by atoms with Crippen molar-refractivity contribution in [2.24, 2.45) is 23.7 Å². The van der Waals surface area contributed by atoms with Crippen LogP contribution in [0.4, 0.5) is 0 Å². The normalized spacial score (nSPS) is 13.5. The van der Waals surface area contributed by atoms with Gasteiger partial charge in [-0.25, -0.2) is 0 Å². The summed E-state index contributed by atoms with van der Waals surface area (Å²) in [5, 5.41) is 9.32. The van der Waals surface area contributed by atoms with Gasteiger partial charge in [0.25, 0.3) is 0 Å². The number of carboxylic acids is 1. The minimum Gasteiger partial charge on any atom is -0.493 e. The Bertz CT molecular complexity index is 723. The molecule has 0 saturated heterocycles. The average Bonchev–Trinajstić information content (AvgIpc) is 2.72. The van der Waals surface area contributed by atoms with Gasteiger partial charge in [-0.3, -0.25) is 9.59 Å². The van der Waals surface area contributed by atoms with Gasteiger partial charge in [0, 0.05) is 31.6 Å². The second-order valence-corrected chi connectivity index (χ2v) is 8.41. The number of ether oxygens (including phenoxy) is 3. The number of hydrogen-bond donors (Lipinski definition) is 1. The molecule has 0 fully saturated rings. The summed E-state index contributed by atoms with van der Waals surface area (Å²) < 4.78 is 16.2. The van der Waals surface area contributed by atoms with Crippen molar-refractivity contribution in [3.8, 4) is 11.5 Å². The Morgan fingerprint density at radius 3 is 2.06 bits per heavy atom. The van der Waals surface area contributed by atoms with E-state index in [-0.39, 0.29) is 23.5 Å². The van der Waals surface area contributed by atoms with Crippen molar-refractivity contribution in [2.75, 3.05) is 27.4 Å². The van der Waals surface area contributed by atoms with Crippen LogP contribution in [0.2, 0.25) is 0 Å². The van der Waals surface area contributed by atoms with Crippen LogP contribution in [0.5, 0.6) is 11.5 Å². The Balaban J connectivity index is 2.90. The van der Waals surface area contributed by atoms with Crippen molar-refractivity contribution < 1.29 is 28.9 Å². The zero-order chi connectivity index (χ0) is 23.4. The number of Topliss-reactive ketones (excluding diaryl/α,β-unsaturated/α-hetero) is 1. The number of carbonyl (C=O) groups is 2. The molecule has 0 spiro atoms. The molecule has 1 N–H and O–H groups in total. The summed E-state index contributed by atoms with van der Waals surface area (Å²) in [7, 11) is 3.22. The fourth-order valence-electron chi connectivity index (χ4n) is 3.37. The highest BCUT2D eigenvalue weighted by Crippen LogP contribution is 2.31. The monoisotopic (exact) mass is 434 g/mol. The topological polar surface area (TPSA) is 82.1 Å². The number of hydrogen-bond acceptors (Lipinski definition) is 5. The molecule has 6 heteroatoms. The van der Waals surface area contributed by atoms with Crippen LogP contribution in [0.25, 0.3) is 0 Å². The Morgan fingerprint density at radius 1 is 0.935 bits per heavy atom. The second kappa shape index (κ2) is 13.9. The third kappa shape index (κ3) is 8.74. The Kier molecular flexibility index (Phi) is 11.9. The highest BCUT2D eigenvalue weighted by atomic mass is 16.5. The minimum atomic E-state index is -0.785. The third-order valence-electron chi connectivity index (χ3n) is 5.41. The van der Waals surface area contributed by atoms with Crippen molar-refractivity contribution in [2.45, 2.75) is 47.0 Å². The number of rotatable bonds is 15. The number of allylic oxidation sites excluding steroid dienone is 2. The molecule has 6 nitrogen and oxygen atoms in total. The van der Waals surface area contributed by atoms with Gasteiger partial charge in [-0.05, 0) is 42.9 Å². The minimum absolute atomic E-state index is 0.0442. The van der Waals surface area contributed by atoms with E-state index in [0.717, 1.165) is 6.42 Å². The zero-order valence-corrected chi connectivity index (χ0v) is 19.7. The van der Waals surface area contributed by atoms with Gasteiger partial charge in [-0.15, -0.1) is 0 Å². The lowest BCUT2D eigenvalue weighted by Gasteiger charge is -2.19. The van der Waals surface area contributed by atoms with Gasteiger partial charge in [0.2, 0.25) is 0 Å². The molecule has 0 aliphatic heterocycles. The van der Waals surface area contributed by atoms with Gasteiger partial charge in [0.15, 0.2) is 17.3 Å². The molecule has 1 rings (SSSR count). The summed E-state index contributed by atoms with van der Waals surface area (Å²) in [5.41, 5.74) is 0.584. The van der Waals surface area contributed by atoms with E-state index in [2.05, 4.69) is 0 Å². The zero-order valence-electron chi connectivity index (χ0n) is 19.7. The molecule has 31 heavy (non-hydrogen) atoms. The fraction of sp³-hybridized carbons (Fsp3) is 0.600. The van der Waals surface area contributed by atoms with Crippen molar-refractivity contribution in [1.29, 1.82) is 0 Å². The Labute approximate surface area is 186 Å². The van der Waals surface area contributed by atoms with Gasteiger partial charge in [0.05, 0.1) is 19.6 Å². The van der Waals surface area contributed by atoms with Gasteiger partial charge < -0.3 is 19.3 Å². The van der Waals surface area contributed by atoms with Gasteiger partial charge >= 0.3 is 5.97 Å². The highest BCUT2D eigenvalue weighted by molar-refractivity contribution is 5.98. The van der Waals surface area contributed by atoms with E-state index in [0.29, 0.717) is 43.1 Å². The molecule has 0 aromatic heterocycles. The van der Waals surface area contributed by atoms with Gasteiger partial charge in [-0.2, -0.15) is 0 Å². The van der Waals surface area contributed by atoms with Crippen molar-refractivity contribution in [3.63, 3.8) is 0 Å². The Hall–Kier alpha value is -2.34. The summed E-state index contributed by atoms with van der Waals surface area (Å²) in [6.45, 7) is 8.94. The first-order valence-corrected chi connectivity index (χ1v) is 10.9. The van der Waals surface area contributed by atoms with E-state index in [1.807, 2.05) is 39.8 Å². The molecular formula is C25H38O6. The summed E-state index contributed by atoms with van der Waals surface area (Å²) >= 11 is 0. The van der Waals surface area contributed by atoms with E-state index < -0.39 is 11.9 Å². The van der Waals surface area contributed by atoms with Crippen LogP contribution in [0, 0.1) is 23.7 Å². The van der Waals surface area contributed by atoms with E-state index in [4.69, 9.17) is 14.2 Å². The first kappa shape index (κ1) is 26.7. The summed E-state index contributed by atoms with van der Waals surface area (Å²) in [6.07, 6.45) is 5.60. The van der Waals surface area contributed by atoms with Gasteiger partial charge in [-0.1, -0.05) is 39.8 Å². The standard InChI is InChI=1S/C25H38O6/c1-17(2)20(10-7-8-11-21(18(3)4)25(27)28)24(26)19-12-13-22(30-6)23(16-19)31-15-9-14-29-5/h7-8,12-13,16-18,20-21H,9-11,14-15H2,1-6H3,(H,27,28)/b8-7+/t20-,21-/m0/s1. The smallest absolute Gasteiger partial charge is 0.307 e. The van der Waals surface area contributed by atoms with Gasteiger partial charge in [0.1, 0.15) is 0 Å². The molecule has 0 aliphatic rings. The molecule has 1 aromatic rings. The van der Waals surface area contributed by atoms with E-state index in [1.54, 1.807) is 32.4 Å². The lowest BCUT2D eigenvalue weighted by molar-refractivity contribution is -0.143. The number of benzene rings is 1. The predicted octanol–water partition coefficient (Wildman–Crippen LogP) is 5.26. The fourth-order valence-corrected chi connectivity index (χ4v) is 3.37. The highest BCUT2D eigenvalue weighted by Gasteiger charge is 2.24. The maximum Gasteiger partial charge on any atom is 0.307 e. The molecule has 0 radical (unpaired) electrons. The maximum absolute atomic E-state index is 13.2. The van der Waals surface area contributed by atoms with Crippen molar-refractivity contribution in [3.05, 3.63) is 35.9 Å². The molecule has 174 valence electrons. The van der Waals surface area contributed by atoms with Crippen LogP contribution in [-0.4, -0.2) is 44.3 Å². The molecule has 0 amide bonds. The number of carboxylic acid groups (broad SMARTS) is 1. The molecule has 0 heterocycles. The SMILES string of the molecule is COCCCOc1cc(C(=O)[C@@H](C/C=C/C[C@H](C(=O)O)C(C)C)C(C)C)ccc1OC. The van der Waals surface area contributed by atoms with Crippen molar-refractivity contribution >= 4 is 11.8 Å². The quantitative estimate of drug-likeness (QED) is 0.230. The Morgan fingerprint density at radius 2 is 1.55 bits per heavy atom. The van der Waals surface area contributed by atoms with Crippen LogP contribution in [0.1, 0.15) is 57.3 Å². The average molecular weight is 435 g/mol. The summed E-state index contributed by atoms with van der Waals surface area (Å²) in [5.74, 6) is -0.0173. The van der Waals surface area contributed by atoms with E-state index in [1.165, 1.54) is 0 Å². The lowest BCUT2D eigenvalue weighted by atomic mass is 9.84. The number of ketones is 1. The van der Waals surface area contributed by atoms with Crippen LogP contribution in [-0.2, 0) is 9.53 Å². The summed E-state index contributed by atoms with van der Waals surface area (Å²) in [4.78, 5) is 24.6. The maximum atomic E-state index is 13.2.